The Morgan fingerprint density at radius 3 is 2.50 bits per heavy atom. The van der Waals surface area contributed by atoms with Crippen LogP contribution in [-0.4, -0.2) is 26.3 Å². The number of carbonyl (C=O) groups excluding carboxylic acids is 2. The van der Waals surface area contributed by atoms with Gasteiger partial charge in [0.1, 0.15) is 12.1 Å². The van der Waals surface area contributed by atoms with Gasteiger partial charge in [0.05, 0.1) is 5.56 Å². The highest BCUT2D eigenvalue weighted by atomic mass is 16.2. The van der Waals surface area contributed by atoms with Crippen LogP contribution in [-0.2, 0) is 4.79 Å². The molecular formula is C17H15N5O2. The molecule has 1 aromatic carbocycles. The third kappa shape index (κ3) is 3.64. The van der Waals surface area contributed by atoms with Crippen LogP contribution in [0.3, 0.4) is 0 Å². The van der Waals surface area contributed by atoms with E-state index < -0.39 is 0 Å². The smallest absolute Gasteiger partial charge is 0.257 e. The Morgan fingerprint density at radius 1 is 1.08 bits per heavy atom. The lowest BCUT2D eigenvalue weighted by molar-refractivity contribution is -0.114. The van der Waals surface area contributed by atoms with Crippen molar-refractivity contribution in [3.8, 4) is 5.82 Å². The summed E-state index contributed by atoms with van der Waals surface area (Å²) in [5.41, 5.74) is 1.64. The first kappa shape index (κ1) is 15.4. The number of hydrogen-bond donors (Lipinski definition) is 2. The lowest BCUT2D eigenvalue weighted by Gasteiger charge is -2.08. The number of benzene rings is 1. The Hall–Kier alpha value is -3.48. The molecule has 0 aliphatic carbocycles. The molecule has 0 aliphatic rings. The minimum atomic E-state index is -0.278. The number of hydrogen-bond acceptors (Lipinski definition) is 4. The van der Waals surface area contributed by atoms with Gasteiger partial charge in [-0.05, 0) is 30.3 Å². The van der Waals surface area contributed by atoms with Crippen molar-refractivity contribution in [1.82, 2.24) is 14.5 Å². The van der Waals surface area contributed by atoms with E-state index >= 15 is 0 Å². The first-order valence-electron chi connectivity index (χ1n) is 7.25. The molecule has 24 heavy (non-hydrogen) atoms. The Bertz CT molecular complexity index is 857. The minimum absolute atomic E-state index is 0.169. The Labute approximate surface area is 138 Å². The molecule has 3 rings (SSSR count). The summed E-state index contributed by atoms with van der Waals surface area (Å²) in [6.07, 6.45) is 6.57. The summed E-state index contributed by atoms with van der Waals surface area (Å²) in [6.45, 7) is 1.43. The van der Waals surface area contributed by atoms with Gasteiger partial charge in [-0.1, -0.05) is 6.07 Å². The number of pyridine rings is 1. The van der Waals surface area contributed by atoms with Gasteiger partial charge >= 0.3 is 0 Å². The van der Waals surface area contributed by atoms with Crippen molar-refractivity contribution in [1.29, 1.82) is 0 Å². The molecule has 3 aromatic rings. The van der Waals surface area contributed by atoms with Gasteiger partial charge in [0.25, 0.3) is 5.91 Å². The van der Waals surface area contributed by atoms with Gasteiger partial charge in [0, 0.05) is 36.9 Å². The number of aromatic nitrogens is 3. The fourth-order valence-electron chi connectivity index (χ4n) is 2.15. The Morgan fingerprint density at radius 2 is 1.88 bits per heavy atom. The van der Waals surface area contributed by atoms with Gasteiger partial charge in [0.15, 0.2) is 0 Å². The van der Waals surface area contributed by atoms with Crippen LogP contribution >= 0.6 is 0 Å². The number of amides is 2. The molecule has 0 spiro atoms. The predicted molar refractivity (Wildman–Crippen MR) is 90.1 cm³/mol. The normalized spacial score (nSPS) is 10.2. The van der Waals surface area contributed by atoms with Gasteiger partial charge in [0.2, 0.25) is 5.91 Å². The maximum absolute atomic E-state index is 12.3. The van der Waals surface area contributed by atoms with E-state index in [1.807, 2.05) is 0 Å². The zero-order chi connectivity index (χ0) is 16.9. The number of anilines is 2. The van der Waals surface area contributed by atoms with Crippen LogP contribution in [0.25, 0.3) is 5.82 Å². The zero-order valence-electron chi connectivity index (χ0n) is 12.9. The molecule has 0 bridgehead atoms. The average Bonchev–Trinajstić information content (AvgIpc) is 3.09. The second kappa shape index (κ2) is 6.74. The molecule has 2 amide bonds. The van der Waals surface area contributed by atoms with E-state index in [2.05, 4.69) is 20.6 Å². The Balaban J connectivity index is 1.72. The largest absolute Gasteiger partial charge is 0.326 e. The van der Waals surface area contributed by atoms with Gasteiger partial charge in [-0.2, -0.15) is 0 Å². The van der Waals surface area contributed by atoms with Gasteiger partial charge in [-0.3, -0.25) is 14.2 Å². The lowest BCUT2D eigenvalue weighted by atomic mass is 10.2. The van der Waals surface area contributed by atoms with Crippen LogP contribution in [0, 0.1) is 0 Å². The highest BCUT2D eigenvalue weighted by Gasteiger charge is 2.08. The number of nitrogens with one attached hydrogen (secondary N) is 2. The predicted octanol–water partition coefficient (Wildman–Crippen LogP) is 2.48. The van der Waals surface area contributed by atoms with E-state index in [1.54, 1.807) is 59.7 Å². The van der Waals surface area contributed by atoms with Crippen molar-refractivity contribution in [3.63, 3.8) is 0 Å². The van der Waals surface area contributed by atoms with Crippen molar-refractivity contribution in [2.24, 2.45) is 0 Å². The summed E-state index contributed by atoms with van der Waals surface area (Å²) in [4.78, 5) is 31.6. The molecule has 0 saturated heterocycles. The van der Waals surface area contributed by atoms with E-state index in [9.17, 15) is 9.59 Å². The number of imidazole rings is 1. The maximum Gasteiger partial charge on any atom is 0.257 e. The van der Waals surface area contributed by atoms with Crippen molar-refractivity contribution in [2.45, 2.75) is 6.92 Å². The van der Waals surface area contributed by atoms with Crippen LogP contribution < -0.4 is 10.6 Å². The maximum atomic E-state index is 12.3. The van der Waals surface area contributed by atoms with Crippen LogP contribution in [0.1, 0.15) is 17.3 Å². The van der Waals surface area contributed by atoms with Crippen LogP contribution in [0.5, 0.6) is 0 Å². The highest BCUT2D eigenvalue weighted by molar-refractivity contribution is 6.04. The minimum Gasteiger partial charge on any atom is -0.326 e. The molecule has 0 fully saturated rings. The monoisotopic (exact) mass is 321 g/mol. The standard InChI is InChI=1S/C17H15N5O2/c1-12(23)20-14-3-2-4-15(9-14)21-17(24)13-5-6-16(19-10-13)22-8-7-18-11-22/h2-11H,1H3,(H,20,23)(H,21,24). The zero-order valence-corrected chi connectivity index (χ0v) is 12.9. The molecule has 120 valence electrons. The number of carbonyl (C=O) groups is 2. The molecule has 0 radical (unpaired) electrons. The molecule has 2 N–H and O–H groups in total. The Kier molecular flexibility index (Phi) is 4.33. The second-order valence-electron chi connectivity index (χ2n) is 5.09. The molecule has 2 aromatic heterocycles. The van der Waals surface area contributed by atoms with Gasteiger partial charge in [-0.15, -0.1) is 0 Å². The van der Waals surface area contributed by atoms with Crippen molar-refractivity contribution >= 4 is 23.2 Å². The topological polar surface area (TPSA) is 88.9 Å². The summed E-state index contributed by atoms with van der Waals surface area (Å²) in [5, 5.41) is 5.45. The molecular weight excluding hydrogens is 306 g/mol. The second-order valence-corrected chi connectivity index (χ2v) is 5.09. The third-order valence-electron chi connectivity index (χ3n) is 3.22. The SMILES string of the molecule is CC(=O)Nc1cccc(NC(=O)c2ccc(-n3ccnc3)nc2)c1. The summed E-state index contributed by atoms with van der Waals surface area (Å²) in [6, 6.07) is 10.4. The van der Waals surface area contributed by atoms with Crippen LogP contribution in [0.2, 0.25) is 0 Å². The third-order valence-corrected chi connectivity index (χ3v) is 3.22. The van der Waals surface area contributed by atoms with E-state index in [4.69, 9.17) is 0 Å². The summed E-state index contributed by atoms with van der Waals surface area (Å²) >= 11 is 0. The summed E-state index contributed by atoms with van der Waals surface area (Å²) < 4.78 is 1.75. The van der Waals surface area contributed by atoms with Crippen molar-refractivity contribution < 1.29 is 9.59 Å². The summed E-state index contributed by atoms with van der Waals surface area (Å²) in [5.74, 6) is 0.231. The fraction of sp³-hybridized carbons (Fsp3) is 0.0588. The fourth-order valence-corrected chi connectivity index (χ4v) is 2.15. The lowest BCUT2D eigenvalue weighted by Crippen LogP contribution is -2.13. The molecule has 7 heteroatoms. The molecule has 0 unspecified atom stereocenters. The first-order valence-corrected chi connectivity index (χ1v) is 7.25. The highest BCUT2D eigenvalue weighted by Crippen LogP contribution is 2.16. The van der Waals surface area contributed by atoms with Crippen molar-refractivity contribution in [2.75, 3.05) is 10.6 Å². The molecule has 0 atom stereocenters. The quantitative estimate of drug-likeness (QED) is 0.772. The van der Waals surface area contributed by atoms with Crippen molar-refractivity contribution in [3.05, 3.63) is 66.9 Å². The van der Waals surface area contributed by atoms with E-state index in [1.165, 1.54) is 13.1 Å². The van der Waals surface area contributed by atoms with Gasteiger partial charge < -0.3 is 10.6 Å². The molecule has 7 nitrogen and oxygen atoms in total. The molecule has 2 heterocycles. The van der Waals surface area contributed by atoms with Gasteiger partial charge in [-0.25, -0.2) is 9.97 Å². The van der Waals surface area contributed by atoms with E-state index in [-0.39, 0.29) is 11.8 Å². The number of nitrogens with zero attached hydrogens (tertiary/aromatic N) is 3. The molecule has 0 saturated carbocycles. The first-order chi connectivity index (χ1) is 11.6. The average molecular weight is 321 g/mol. The van der Waals surface area contributed by atoms with Crippen LogP contribution in [0.15, 0.2) is 61.3 Å². The number of rotatable bonds is 4. The van der Waals surface area contributed by atoms with E-state index in [0.717, 1.165) is 0 Å². The van der Waals surface area contributed by atoms with E-state index in [0.29, 0.717) is 22.8 Å². The molecule has 0 aliphatic heterocycles. The van der Waals surface area contributed by atoms with Crippen LogP contribution in [0.4, 0.5) is 11.4 Å². The summed E-state index contributed by atoms with van der Waals surface area (Å²) in [7, 11) is 0.